The summed E-state index contributed by atoms with van der Waals surface area (Å²) in [5, 5.41) is 13.7. The first kappa shape index (κ1) is 17.9. The van der Waals surface area contributed by atoms with Gasteiger partial charge in [0.05, 0.1) is 20.5 Å². The number of piperazine rings is 1. The molecule has 3 rings (SSSR count). The summed E-state index contributed by atoms with van der Waals surface area (Å²) in [6, 6.07) is 5.01. The second-order valence-corrected chi connectivity index (χ2v) is 8.79. The zero-order chi connectivity index (χ0) is 18.0. The molecule has 1 aliphatic rings. The molecule has 0 bridgehead atoms. The summed E-state index contributed by atoms with van der Waals surface area (Å²) in [6.45, 7) is 4.72. The molecule has 10 heteroatoms. The Morgan fingerprint density at radius 2 is 1.84 bits per heavy atom. The molecule has 8 nitrogen and oxygen atoms in total. The van der Waals surface area contributed by atoms with Gasteiger partial charge < -0.3 is 0 Å². The van der Waals surface area contributed by atoms with Crippen LogP contribution in [0.2, 0.25) is 0 Å². The molecule has 2 heterocycles. The van der Waals surface area contributed by atoms with Crippen LogP contribution < -0.4 is 0 Å². The van der Waals surface area contributed by atoms with Crippen molar-refractivity contribution in [2.24, 2.45) is 0 Å². The Morgan fingerprint density at radius 1 is 1.20 bits per heavy atom. The van der Waals surface area contributed by atoms with Gasteiger partial charge in [0.25, 0.3) is 5.69 Å². The van der Waals surface area contributed by atoms with Crippen molar-refractivity contribution in [3.63, 3.8) is 0 Å². The van der Waals surface area contributed by atoms with Crippen LogP contribution in [0, 0.1) is 17.0 Å². The van der Waals surface area contributed by atoms with Crippen molar-refractivity contribution < 1.29 is 13.3 Å². The zero-order valence-corrected chi connectivity index (χ0v) is 15.3. The van der Waals surface area contributed by atoms with Gasteiger partial charge >= 0.3 is 0 Å². The number of nitro groups is 1. The van der Waals surface area contributed by atoms with E-state index in [0.717, 1.165) is 17.2 Å². The van der Waals surface area contributed by atoms with Gasteiger partial charge in [-0.15, -0.1) is 11.3 Å². The van der Waals surface area contributed by atoms with Crippen LogP contribution in [0.3, 0.4) is 0 Å². The number of benzene rings is 1. The minimum Gasteiger partial charge on any atom is -0.295 e. The Hall–Kier alpha value is -1.88. The van der Waals surface area contributed by atoms with Gasteiger partial charge in [-0.3, -0.25) is 15.0 Å². The number of nitro benzene ring substituents is 1. The van der Waals surface area contributed by atoms with Gasteiger partial charge in [-0.2, -0.15) is 4.31 Å². The van der Waals surface area contributed by atoms with Crippen molar-refractivity contribution >= 4 is 27.0 Å². The highest BCUT2D eigenvalue weighted by molar-refractivity contribution is 7.89. The lowest BCUT2D eigenvalue weighted by Gasteiger charge is -2.33. The topological polar surface area (TPSA) is 96.7 Å². The molecule has 0 saturated carbocycles. The van der Waals surface area contributed by atoms with E-state index >= 15 is 0 Å². The highest BCUT2D eigenvalue weighted by Crippen LogP contribution is 2.21. The standard InChI is InChI=1S/C15H18N4O4S2/c1-12-16-13(11-24-12)10-17-6-8-18(9-7-17)25(22,23)15-4-2-14(3-5-15)19(20)21/h2-5,11H,6-10H2,1H3. The van der Waals surface area contributed by atoms with Crippen molar-refractivity contribution in [1.29, 1.82) is 0 Å². The first-order valence-corrected chi connectivity index (χ1v) is 10.1. The molecule has 0 spiro atoms. The Balaban J connectivity index is 1.63. The number of hydrogen-bond donors (Lipinski definition) is 0. The third-order valence-corrected chi connectivity index (χ3v) is 6.80. The van der Waals surface area contributed by atoms with Crippen molar-refractivity contribution in [3.05, 3.63) is 50.5 Å². The zero-order valence-electron chi connectivity index (χ0n) is 13.7. The molecule has 134 valence electrons. The van der Waals surface area contributed by atoms with Gasteiger partial charge in [0, 0.05) is 50.2 Å². The molecule has 0 N–H and O–H groups in total. The highest BCUT2D eigenvalue weighted by atomic mass is 32.2. The van der Waals surface area contributed by atoms with Crippen molar-refractivity contribution in [3.8, 4) is 0 Å². The van der Waals surface area contributed by atoms with E-state index in [0.29, 0.717) is 26.2 Å². The van der Waals surface area contributed by atoms with Gasteiger partial charge in [0.15, 0.2) is 0 Å². The minimum absolute atomic E-state index is 0.0849. The van der Waals surface area contributed by atoms with Gasteiger partial charge in [-0.05, 0) is 19.1 Å². The number of sulfonamides is 1. The maximum atomic E-state index is 12.7. The summed E-state index contributed by atoms with van der Waals surface area (Å²) < 4.78 is 26.8. The van der Waals surface area contributed by atoms with Crippen LogP contribution in [-0.2, 0) is 16.6 Å². The number of thiazole rings is 1. The molecule has 1 aromatic heterocycles. The number of aromatic nitrogens is 1. The maximum Gasteiger partial charge on any atom is 0.269 e. The lowest BCUT2D eigenvalue weighted by molar-refractivity contribution is -0.384. The van der Waals surface area contributed by atoms with Crippen LogP contribution in [0.25, 0.3) is 0 Å². The van der Waals surface area contributed by atoms with Crippen LogP contribution in [0.4, 0.5) is 5.69 Å². The van der Waals surface area contributed by atoms with Gasteiger partial charge in [0.2, 0.25) is 10.0 Å². The van der Waals surface area contributed by atoms with Crippen molar-refractivity contribution in [2.75, 3.05) is 26.2 Å². The number of non-ortho nitro benzene ring substituents is 1. The molecule has 1 aliphatic heterocycles. The van der Waals surface area contributed by atoms with Crippen LogP contribution in [0.1, 0.15) is 10.7 Å². The molecule has 0 atom stereocenters. The minimum atomic E-state index is -3.63. The van der Waals surface area contributed by atoms with Crippen LogP contribution in [-0.4, -0.2) is 53.7 Å². The fourth-order valence-electron chi connectivity index (χ4n) is 2.73. The predicted molar refractivity (Wildman–Crippen MR) is 94.0 cm³/mol. The highest BCUT2D eigenvalue weighted by Gasteiger charge is 2.29. The summed E-state index contributed by atoms with van der Waals surface area (Å²) >= 11 is 1.61. The quantitative estimate of drug-likeness (QED) is 0.578. The molecule has 2 aromatic rings. The third-order valence-electron chi connectivity index (χ3n) is 4.07. The van der Waals surface area contributed by atoms with E-state index in [4.69, 9.17) is 0 Å². The fourth-order valence-corrected chi connectivity index (χ4v) is 4.75. The predicted octanol–water partition coefficient (Wildman–Crippen LogP) is 1.87. The summed E-state index contributed by atoms with van der Waals surface area (Å²) in [6.07, 6.45) is 0. The monoisotopic (exact) mass is 382 g/mol. The van der Waals surface area contributed by atoms with Gasteiger partial charge in [-0.1, -0.05) is 0 Å². The Labute approximate surface area is 149 Å². The van der Waals surface area contributed by atoms with E-state index in [9.17, 15) is 18.5 Å². The molecular formula is C15H18N4O4S2. The molecule has 0 unspecified atom stereocenters. The second kappa shape index (κ2) is 7.16. The first-order valence-electron chi connectivity index (χ1n) is 7.74. The largest absolute Gasteiger partial charge is 0.295 e. The van der Waals surface area contributed by atoms with Crippen LogP contribution >= 0.6 is 11.3 Å². The maximum absolute atomic E-state index is 12.7. The molecule has 0 aliphatic carbocycles. The molecule has 1 saturated heterocycles. The molecule has 1 aromatic carbocycles. The number of aryl methyl sites for hydroxylation is 1. The number of rotatable bonds is 5. The second-order valence-electron chi connectivity index (χ2n) is 5.79. The molecular weight excluding hydrogens is 364 g/mol. The normalized spacial score (nSPS) is 16.8. The third kappa shape index (κ3) is 4.03. The van der Waals surface area contributed by atoms with E-state index in [-0.39, 0.29) is 10.6 Å². The Morgan fingerprint density at radius 3 is 2.36 bits per heavy atom. The van der Waals surface area contributed by atoms with E-state index in [1.54, 1.807) is 11.3 Å². The lowest BCUT2D eigenvalue weighted by atomic mass is 10.3. The lowest BCUT2D eigenvalue weighted by Crippen LogP contribution is -2.48. The van der Waals surface area contributed by atoms with Gasteiger partial charge in [-0.25, -0.2) is 13.4 Å². The van der Waals surface area contributed by atoms with Crippen molar-refractivity contribution in [2.45, 2.75) is 18.4 Å². The van der Waals surface area contributed by atoms with Crippen LogP contribution in [0.5, 0.6) is 0 Å². The van der Waals surface area contributed by atoms with Crippen molar-refractivity contribution in [1.82, 2.24) is 14.2 Å². The molecule has 25 heavy (non-hydrogen) atoms. The Bertz CT molecular complexity index is 856. The van der Waals surface area contributed by atoms with E-state index in [2.05, 4.69) is 9.88 Å². The SMILES string of the molecule is Cc1nc(CN2CCN(S(=O)(=O)c3ccc([N+](=O)[O-])cc3)CC2)cs1. The summed E-state index contributed by atoms with van der Waals surface area (Å²) in [5.41, 5.74) is 0.886. The summed E-state index contributed by atoms with van der Waals surface area (Å²) in [5.74, 6) is 0. The first-order chi connectivity index (χ1) is 11.9. The average Bonchev–Trinajstić information content (AvgIpc) is 3.00. The summed E-state index contributed by atoms with van der Waals surface area (Å²) in [7, 11) is -3.63. The molecule has 1 fully saturated rings. The van der Waals surface area contributed by atoms with Gasteiger partial charge in [0.1, 0.15) is 0 Å². The van der Waals surface area contributed by atoms with E-state index < -0.39 is 14.9 Å². The smallest absolute Gasteiger partial charge is 0.269 e. The average molecular weight is 382 g/mol. The van der Waals surface area contributed by atoms with Crippen LogP contribution in [0.15, 0.2) is 34.5 Å². The van der Waals surface area contributed by atoms with E-state index in [1.807, 2.05) is 12.3 Å². The Kier molecular flexibility index (Phi) is 5.13. The molecule has 0 amide bonds. The van der Waals surface area contributed by atoms with E-state index in [1.165, 1.54) is 28.6 Å². The summed E-state index contributed by atoms with van der Waals surface area (Å²) in [4.78, 5) is 16.8. The molecule has 0 radical (unpaired) electrons. The fraction of sp³-hybridized carbons (Fsp3) is 0.400. The number of nitrogens with zero attached hydrogens (tertiary/aromatic N) is 4. The number of hydrogen-bond acceptors (Lipinski definition) is 7.